The van der Waals surface area contributed by atoms with Crippen molar-refractivity contribution in [2.75, 3.05) is 26.7 Å². The highest BCUT2D eigenvalue weighted by Gasteiger charge is 2.30. The third-order valence-corrected chi connectivity index (χ3v) is 4.39. The summed E-state index contributed by atoms with van der Waals surface area (Å²) in [4.78, 5) is 14.1. The summed E-state index contributed by atoms with van der Waals surface area (Å²) in [6.07, 6.45) is 5.41. The van der Waals surface area contributed by atoms with Crippen molar-refractivity contribution in [3.8, 4) is 0 Å². The minimum atomic E-state index is 0.190. The van der Waals surface area contributed by atoms with Crippen LogP contribution in [0.1, 0.15) is 39.0 Å². The first-order valence-corrected chi connectivity index (χ1v) is 7.26. The molecule has 2 heterocycles. The van der Waals surface area contributed by atoms with Crippen molar-refractivity contribution in [3.63, 3.8) is 0 Å². The second-order valence-electron chi connectivity index (χ2n) is 5.69. The second kappa shape index (κ2) is 6.53. The van der Waals surface area contributed by atoms with Crippen molar-refractivity contribution < 1.29 is 9.53 Å². The Kier molecular flexibility index (Phi) is 5.01. The molecule has 1 amide bonds. The van der Waals surface area contributed by atoms with E-state index in [1.54, 1.807) is 0 Å². The van der Waals surface area contributed by atoms with Gasteiger partial charge < -0.3 is 15.0 Å². The van der Waals surface area contributed by atoms with Gasteiger partial charge in [-0.2, -0.15) is 0 Å². The highest BCUT2D eigenvalue weighted by atomic mass is 16.5. The van der Waals surface area contributed by atoms with Crippen LogP contribution < -0.4 is 5.32 Å². The van der Waals surface area contributed by atoms with Gasteiger partial charge in [0.15, 0.2) is 0 Å². The van der Waals surface area contributed by atoms with Crippen molar-refractivity contribution in [2.24, 2.45) is 5.92 Å². The SMILES string of the molecule is CC1OCCC1N(C)C(=O)CCC1CCCNC1. The van der Waals surface area contributed by atoms with E-state index < -0.39 is 0 Å². The molecule has 2 aliphatic rings. The molecule has 2 rings (SSSR count). The smallest absolute Gasteiger partial charge is 0.222 e. The van der Waals surface area contributed by atoms with Crippen molar-refractivity contribution in [3.05, 3.63) is 0 Å². The fourth-order valence-electron chi connectivity index (χ4n) is 3.09. The van der Waals surface area contributed by atoms with Gasteiger partial charge in [-0.05, 0) is 51.6 Å². The summed E-state index contributed by atoms with van der Waals surface area (Å²) < 4.78 is 5.53. The molecule has 0 radical (unpaired) electrons. The molecule has 2 fully saturated rings. The van der Waals surface area contributed by atoms with E-state index in [0.29, 0.717) is 12.3 Å². The molecule has 0 aromatic rings. The Hall–Kier alpha value is -0.610. The summed E-state index contributed by atoms with van der Waals surface area (Å²) in [5, 5.41) is 3.41. The summed E-state index contributed by atoms with van der Waals surface area (Å²) in [7, 11) is 1.93. The Morgan fingerprint density at radius 3 is 2.89 bits per heavy atom. The van der Waals surface area contributed by atoms with Gasteiger partial charge in [-0.3, -0.25) is 4.79 Å². The van der Waals surface area contributed by atoms with E-state index in [2.05, 4.69) is 12.2 Å². The van der Waals surface area contributed by atoms with Crippen LogP contribution in [0.25, 0.3) is 0 Å². The zero-order valence-electron chi connectivity index (χ0n) is 11.7. The van der Waals surface area contributed by atoms with Crippen LogP contribution in [0, 0.1) is 5.92 Å². The quantitative estimate of drug-likeness (QED) is 0.824. The summed E-state index contributed by atoms with van der Waals surface area (Å²) in [6, 6.07) is 0.280. The number of carbonyl (C=O) groups is 1. The molecule has 0 aromatic carbocycles. The summed E-state index contributed by atoms with van der Waals surface area (Å²) in [5.41, 5.74) is 0. The first-order valence-electron chi connectivity index (χ1n) is 7.26. The molecule has 0 aliphatic carbocycles. The number of carbonyl (C=O) groups excluding carboxylic acids is 1. The monoisotopic (exact) mass is 254 g/mol. The predicted molar refractivity (Wildman–Crippen MR) is 71.4 cm³/mol. The molecule has 1 N–H and O–H groups in total. The van der Waals surface area contributed by atoms with E-state index in [1.807, 2.05) is 11.9 Å². The van der Waals surface area contributed by atoms with Gasteiger partial charge in [0.1, 0.15) is 0 Å². The lowest BCUT2D eigenvalue weighted by Crippen LogP contribution is -2.41. The molecular formula is C14H26N2O2. The maximum atomic E-state index is 12.2. The van der Waals surface area contributed by atoms with Crippen LogP contribution in [0.4, 0.5) is 0 Å². The number of hydrogen-bond donors (Lipinski definition) is 1. The number of nitrogens with zero attached hydrogens (tertiary/aromatic N) is 1. The van der Waals surface area contributed by atoms with Gasteiger partial charge in [-0.1, -0.05) is 0 Å². The van der Waals surface area contributed by atoms with E-state index in [0.717, 1.165) is 32.5 Å². The van der Waals surface area contributed by atoms with E-state index in [4.69, 9.17) is 4.74 Å². The number of piperidine rings is 1. The summed E-state index contributed by atoms with van der Waals surface area (Å²) in [6.45, 7) is 5.07. The van der Waals surface area contributed by atoms with E-state index in [9.17, 15) is 4.79 Å². The highest BCUT2D eigenvalue weighted by Crippen LogP contribution is 2.21. The molecule has 2 aliphatic heterocycles. The largest absolute Gasteiger partial charge is 0.376 e. The van der Waals surface area contributed by atoms with Gasteiger partial charge in [0, 0.05) is 20.1 Å². The molecule has 3 unspecified atom stereocenters. The zero-order valence-corrected chi connectivity index (χ0v) is 11.7. The van der Waals surface area contributed by atoms with E-state index in [-0.39, 0.29) is 18.1 Å². The molecule has 0 bridgehead atoms. The minimum absolute atomic E-state index is 0.190. The fraction of sp³-hybridized carbons (Fsp3) is 0.929. The molecule has 0 spiro atoms. The highest BCUT2D eigenvalue weighted by molar-refractivity contribution is 5.76. The van der Waals surface area contributed by atoms with Gasteiger partial charge in [0.25, 0.3) is 0 Å². The number of nitrogens with one attached hydrogen (secondary N) is 1. The normalized spacial score (nSPS) is 32.4. The van der Waals surface area contributed by atoms with Crippen molar-refractivity contribution in [2.45, 2.75) is 51.2 Å². The third-order valence-electron chi connectivity index (χ3n) is 4.39. The third kappa shape index (κ3) is 3.45. The van der Waals surface area contributed by atoms with Gasteiger partial charge in [-0.15, -0.1) is 0 Å². The molecule has 18 heavy (non-hydrogen) atoms. The van der Waals surface area contributed by atoms with Crippen LogP contribution in [0.3, 0.4) is 0 Å². The molecule has 104 valence electrons. The number of hydrogen-bond acceptors (Lipinski definition) is 3. The molecular weight excluding hydrogens is 228 g/mol. The van der Waals surface area contributed by atoms with Gasteiger partial charge in [-0.25, -0.2) is 0 Å². The van der Waals surface area contributed by atoms with Crippen LogP contribution in [0.5, 0.6) is 0 Å². The Bertz CT molecular complexity index is 277. The average Bonchev–Trinajstić information content (AvgIpc) is 2.82. The van der Waals surface area contributed by atoms with Gasteiger partial charge in [0.2, 0.25) is 5.91 Å². The number of rotatable bonds is 4. The molecule has 0 aromatic heterocycles. The first-order chi connectivity index (χ1) is 8.68. The number of likely N-dealkylation sites (N-methyl/N-ethyl adjacent to an activating group) is 1. The van der Waals surface area contributed by atoms with Gasteiger partial charge in [0.05, 0.1) is 12.1 Å². The second-order valence-corrected chi connectivity index (χ2v) is 5.69. The molecule has 3 atom stereocenters. The Balaban J connectivity index is 1.73. The maximum Gasteiger partial charge on any atom is 0.222 e. The molecule has 0 saturated carbocycles. The molecule has 2 saturated heterocycles. The van der Waals surface area contributed by atoms with Crippen LogP contribution in [-0.4, -0.2) is 49.7 Å². The number of amides is 1. The van der Waals surface area contributed by atoms with Crippen molar-refractivity contribution in [1.29, 1.82) is 0 Å². The van der Waals surface area contributed by atoms with Crippen molar-refractivity contribution >= 4 is 5.91 Å². The van der Waals surface area contributed by atoms with Crippen molar-refractivity contribution in [1.82, 2.24) is 10.2 Å². The fourth-order valence-corrected chi connectivity index (χ4v) is 3.09. The first kappa shape index (κ1) is 13.8. The van der Waals surface area contributed by atoms with E-state index >= 15 is 0 Å². The van der Waals surface area contributed by atoms with Crippen LogP contribution >= 0.6 is 0 Å². The van der Waals surface area contributed by atoms with Gasteiger partial charge >= 0.3 is 0 Å². The Labute approximate surface area is 110 Å². The maximum absolute atomic E-state index is 12.2. The van der Waals surface area contributed by atoms with Crippen LogP contribution in [0.15, 0.2) is 0 Å². The Morgan fingerprint density at radius 2 is 2.28 bits per heavy atom. The van der Waals surface area contributed by atoms with Crippen LogP contribution in [-0.2, 0) is 9.53 Å². The standard InChI is InChI=1S/C14H26N2O2/c1-11-13(7-9-18-11)16(2)14(17)6-5-12-4-3-8-15-10-12/h11-13,15H,3-10H2,1-2H3. The Morgan fingerprint density at radius 1 is 1.44 bits per heavy atom. The van der Waals surface area contributed by atoms with Crippen LogP contribution in [0.2, 0.25) is 0 Å². The zero-order chi connectivity index (χ0) is 13.0. The lowest BCUT2D eigenvalue weighted by molar-refractivity contribution is -0.133. The number of ether oxygens (including phenoxy) is 1. The minimum Gasteiger partial charge on any atom is -0.376 e. The topological polar surface area (TPSA) is 41.6 Å². The lowest BCUT2D eigenvalue weighted by atomic mass is 9.94. The molecule has 4 heteroatoms. The lowest BCUT2D eigenvalue weighted by Gasteiger charge is -2.28. The summed E-state index contributed by atoms with van der Waals surface area (Å²) in [5.74, 6) is 0.969. The predicted octanol–water partition coefficient (Wildman–Crippen LogP) is 1.40. The summed E-state index contributed by atoms with van der Waals surface area (Å²) >= 11 is 0. The molecule has 4 nitrogen and oxygen atoms in total. The average molecular weight is 254 g/mol. The van der Waals surface area contributed by atoms with E-state index in [1.165, 1.54) is 12.8 Å².